The molecule has 3 heteroatoms. The minimum atomic E-state index is -2.31. The summed E-state index contributed by atoms with van der Waals surface area (Å²) in [5, 5.41) is 4.84. The van der Waals surface area contributed by atoms with Crippen LogP contribution >= 0.6 is 0 Å². The van der Waals surface area contributed by atoms with Gasteiger partial charge in [-0.2, -0.15) is 0 Å². The summed E-state index contributed by atoms with van der Waals surface area (Å²) in [6, 6.07) is 5.05. The van der Waals surface area contributed by atoms with Gasteiger partial charge in [-0.25, -0.2) is 0 Å². The normalized spacial score (nSPS) is 13.8. The molecule has 1 amide bonds. The first kappa shape index (κ1) is 6.02. The molecule has 1 aromatic rings. The highest BCUT2D eigenvalue weighted by Gasteiger charge is 2.09. The lowest BCUT2D eigenvalue weighted by Crippen LogP contribution is -2.19. The van der Waals surface area contributed by atoms with Crippen LogP contribution in [-0.2, 0) is 0 Å². The van der Waals surface area contributed by atoms with Crippen molar-refractivity contribution in [2.45, 2.75) is 6.92 Å². The van der Waals surface area contributed by atoms with Crippen molar-refractivity contribution in [3.8, 4) is 0 Å². The van der Waals surface area contributed by atoms with E-state index in [4.69, 9.17) is 4.11 Å². The number of carbonyl (C=O) groups excluding carboxylic acids is 1. The summed E-state index contributed by atoms with van der Waals surface area (Å²) < 4.78 is 21.5. The van der Waals surface area contributed by atoms with Crippen LogP contribution in [0.5, 0.6) is 0 Å². The number of hydrogen-bond donors (Lipinski definition) is 2. The lowest BCUT2D eigenvalue weighted by Gasteiger charge is -2.10. The van der Waals surface area contributed by atoms with Crippen LogP contribution in [0.2, 0.25) is 0 Å². The molecule has 0 spiro atoms. The van der Waals surface area contributed by atoms with E-state index in [1.807, 2.05) is 0 Å². The van der Waals surface area contributed by atoms with Gasteiger partial charge in [-0.15, -0.1) is 0 Å². The molecule has 0 unspecified atom stereocenters. The third-order valence-corrected chi connectivity index (χ3v) is 1.87. The smallest absolute Gasteiger partial charge is 0.253 e. The zero-order valence-corrected chi connectivity index (χ0v) is 7.64. The van der Waals surface area contributed by atoms with Gasteiger partial charge in [0.25, 0.3) is 5.91 Å². The number of carbonyl (C=O) groups is 1. The molecule has 13 heavy (non-hydrogen) atoms. The zero-order chi connectivity index (χ0) is 12.3. The van der Waals surface area contributed by atoms with Crippen molar-refractivity contribution in [3.63, 3.8) is 0 Å². The zero-order valence-electron chi connectivity index (χ0n) is 10.6. The van der Waals surface area contributed by atoms with Gasteiger partial charge in [-0.3, -0.25) is 4.79 Å². The van der Waals surface area contributed by atoms with Crippen LogP contribution in [0.15, 0.2) is 18.2 Å². The Hall–Kier alpha value is -1.51. The largest absolute Gasteiger partial charge is 0.387 e. The van der Waals surface area contributed by atoms with Crippen LogP contribution in [0, 0.1) is 6.92 Å². The molecule has 70 valence electrons. The van der Waals surface area contributed by atoms with Crippen molar-refractivity contribution in [3.05, 3.63) is 29.3 Å². The lowest BCUT2D eigenvalue weighted by molar-refractivity contribution is 0.0964. The number of anilines is 1. The number of nitrogens with one attached hydrogen (secondary N) is 2. The Balaban J connectivity index is 3.19. The monoisotopic (exact) mass is 181 g/mol. The summed E-state index contributed by atoms with van der Waals surface area (Å²) in [6.45, 7) is -0.560. The highest BCUT2D eigenvalue weighted by atomic mass is 16.1. The Morgan fingerprint density at radius 3 is 2.92 bits per heavy atom. The van der Waals surface area contributed by atoms with Crippen molar-refractivity contribution >= 4 is 11.6 Å². The van der Waals surface area contributed by atoms with E-state index in [1.165, 1.54) is 7.05 Å². The molecule has 0 aliphatic carbocycles. The van der Waals surface area contributed by atoms with Crippen LogP contribution in [0.4, 0.5) is 5.69 Å². The van der Waals surface area contributed by atoms with Crippen molar-refractivity contribution in [2.75, 3.05) is 19.3 Å². The van der Waals surface area contributed by atoms with Crippen LogP contribution in [-0.4, -0.2) is 19.9 Å². The quantitative estimate of drug-likeness (QED) is 0.724. The third kappa shape index (κ3) is 1.80. The molecule has 0 fully saturated rings. The molecule has 1 rings (SSSR count). The Morgan fingerprint density at radius 1 is 1.54 bits per heavy atom. The summed E-state index contributed by atoms with van der Waals surface area (Å²) in [5.74, 6) is -0.310. The molecular formula is C10H14N2O. The van der Waals surface area contributed by atoms with Gasteiger partial charge in [0, 0.05) is 23.8 Å². The second-order valence-corrected chi connectivity index (χ2v) is 2.70. The molecular weight excluding hydrogens is 164 g/mol. The lowest BCUT2D eigenvalue weighted by atomic mass is 10.1. The molecule has 2 N–H and O–H groups in total. The van der Waals surface area contributed by atoms with Gasteiger partial charge in [0.2, 0.25) is 0 Å². The highest BCUT2D eigenvalue weighted by Crippen LogP contribution is 2.19. The first-order valence-electron chi connectivity index (χ1n) is 5.45. The minimum absolute atomic E-state index is 0.310. The van der Waals surface area contributed by atoms with E-state index in [-0.39, 0.29) is 5.91 Å². The molecule has 0 aromatic heterocycles. The van der Waals surface area contributed by atoms with E-state index in [2.05, 4.69) is 10.6 Å². The van der Waals surface area contributed by atoms with Crippen LogP contribution < -0.4 is 10.6 Å². The van der Waals surface area contributed by atoms with E-state index in [0.29, 0.717) is 11.3 Å². The topological polar surface area (TPSA) is 41.1 Å². The highest BCUT2D eigenvalue weighted by molar-refractivity contribution is 6.00. The fraction of sp³-hybridized carbons (Fsp3) is 0.300. The number of rotatable bonds is 2. The predicted octanol–water partition coefficient (Wildman–Crippen LogP) is 1.40. The average molecular weight is 181 g/mol. The molecule has 3 nitrogen and oxygen atoms in total. The summed E-state index contributed by atoms with van der Waals surface area (Å²) in [6.07, 6.45) is 0. The number of amides is 1. The molecule has 0 aliphatic heterocycles. The Bertz CT molecular complexity index is 402. The summed E-state index contributed by atoms with van der Waals surface area (Å²) in [5.41, 5.74) is 1.40. The van der Waals surface area contributed by atoms with Gasteiger partial charge in [-0.05, 0) is 18.6 Å². The van der Waals surface area contributed by atoms with Crippen molar-refractivity contribution < 1.29 is 8.91 Å². The second-order valence-electron chi connectivity index (χ2n) is 2.70. The van der Waals surface area contributed by atoms with E-state index in [0.717, 1.165) is 5.56 Å². The van der Waals surface area contributed by atoms with Gasteiger partial charge >= 0.3 is 0 Å². The van der Waals surface area contributed by atoms with E-state index in [1.54, 1.807) is 25.1 Å². The number of para-hydroxylation sites is 1. The van der Waals surface area contributed by atoms with Crippen LogP contribution in [0.3, 0.4) is 0 Å². The molecule has 1 aromatic carbocycles. The van der Waals surface area contributed by atoms with Crippen molar-refractivity contribution in [1.82, 2.24) is 5.32 Å². The van der Waals surface area contributed by atoms with Gasteiger partial charge in [0.15, 0.2) is 0 Å². The van der Waals surface area contributed by atoms with Crippen molar-refractivity contribution in [2.24, 2.45) is 0 Å². The number of aryl methyl sites for hydroxylation is 1. The van der Waals surface area contributed by atoms with Gasteiger partial charge in [0.05, 0.1) is 5.56 Å². The molecule has 0 radical (unpaired) electrons. The fourth-order valence-corrected chi connectivity index (χ4v) is 1.16. The standard InChI is InChI=1S/C10H14N2O/c1-7-5-4-6-8(9(7)11-2)10(13)12-3/h4-6,11H,1-3H3,(H,12,13)/i2D3. The van der Waals surface area contributed by atoms with Gasteiger partial charge in [0.1, 0.15) is 0 Å². The molecule has 0 saturated carbocycles. The van der Waals surface area contributed by atoms with Gasteiger partial charge < -0.3 is 10.6 Å². The Kier molecular flexibility index (Phi) is 1.82. The van der Waals surface area contributed by atoms with Crippen LogP contribution in [0.25, 0.3) is 0 Å². The third-order valence-electron chi connectivity index (χ3n) is 1.87. The molecule has 0 atom stereocenters. The van der Waals surface area contributed by atoms with Crippen molar-refractivity contribution in [1.29, 1.82) is 0 Å². The maximum absolute atomic E-state index is 11.5. The predicted molar refractivity (Wildman–Crippen MR) is 54.1 cm³/mol. The van der Waals surface area contributed by atoms with Gasteiger partial charge in [-0.1, -0.05) is 12.1 Å². The summed E-state index contributed by atoms with van der Waals surface area (Å²) in [7, 11) is 1.50. The Labute approximate surface area is 82.4 Å². The van der Waals surface area contributed by atoms with E-state index < -0.39 is 6.98 Å². The maximum Gasteiger partial charge on any atom is 0.253 e. The molecule has 0 saturated heterocycles. The first-order valence-corrected chi connectivity index (χ1v) is 3.95. The molecule has 0 heterocycles. The Morgan fingerprint density at radius 2 is 2.31 bits per heavy atom. The van der Waals surface area contributed by atoms with Crippen LogP contribution in [0.1, 0.15) is 20.0 Å². The maximum atomic E-state index is 11.5. The van der Waals surface area contributed by atoms with E-state index >= 15 is 0 Å². The average Bonchev–Trinajstić information content (AvgIpc) is 2.18. The summed E-state index contributed by atoms with van der Waals surface area (Å²) >= 11 is 0. The fourth-order valence-electron chi connectivity index (χ4n) is 1.16. The second kappa shape index (κ2) is 3.94. The SMILES string of the molecule is [2H]C([2H])([2H])Nc1c(C)cccc1C(=O)NC. The molecule has 0 aliphatic rings. The molecule has 0 bridgehead atoms. The number of hydrogen-bond acceptors (Lipinski definition) is 2. The first-order chi connectivity index (χ1) is 7.35. The minimum Gasteiger partial charge on any atom is -0.387 e. The summed E-state index contributed by atoms with van der Waals surface area (Å²) in [4.78, 5) is 11.5. The van der Waals surface area contributed by atoms with E-state index in [9.17, 15) is 4.79 Å². The number of benzene rings is 1.